The van der Waals surface area contributed by atoms with E-state index in [1.807, 2.05) is 4.90 Å². The molecule has 7 heteroatoms. The van der Waals surface area contributed by atoms with Gasteiger partial charge in [-0.05, 0) is 31.6 Å². The average molecular weight is 325 g/mol. The zero-order chi connectivity index (χ0) is 16.2. The van der Waals surface area contributed by atoms with Crippen molar-refractivity contribution in [2.75, 3.05) is 32.8 Å². The van der Waals surface area contributed by atoms with E-state index >= 15 is 0 Å². The van der Waals surface area contributed by atoms with Crippen molar-refractivity contribution in [3.8, 4) is 0 Å². The topological polar surface area (TPSA) is 90.9 Å². The van der Waals surface area contributed by atoms with Crippen LogP contribution in [-0.4, -0.2) is 72.9 Å². The van der Waals surface area contributed by atoms with Gasteiger partial charge in [0.25, 0.3) is 0 Å². The summed E-state index contributed by atoms with van der Waals surface area (Å²) in [6.07, 6.45) is 3.38. The van der Waals surface area contributed by atoms with E-state index in [1.54, 1.807) is 0 Å². The zero-order valence-corrected chi connectivity index (χ0v) is 13.5. The molecule has 3 N–H and O–H groups in total. The number of amides is 2. The number of aliphatic hydroxyl groups is 1. The Bertz CT molecular complexity index is 439. The second-order valence-electron chi connectivity index (χ2n) is 6.89. The molecule has 3 fully saturated rings. The van der Waals surface area contributed by atoms with Gasteiger partial charge in [0.05, 0.1) is 18.7 Å². The van der Waals surface area contributed by atoms with Gasteiger partial charge in [0.1, 0.15) is 0 Å². The first-order valence-corrected chi connectivity index (χ1v) is 8.69. The summed E-state index contributed by atoms with van der Waals surface area (Å²) >= 11 is 0. The predicted molar refractivity (Wildman–Crippen MR) is 83.7 cm³/mol. The number of carbonyl (C=O) groups excluding carboxylic acids is 2. The summed E-state index contributed by atoms with van der Waals surface area (Å²) in [5.41, 5.74) is 0. The maximum Gasteiger partial charge on any atom is 0.234 e. The average Bonchev–Trinajstić information content (AvgIpc) is 2.89. The van der Waals surface area contributed by atoms with Gasteiger partial charge < -0.3 is 20.5 Å². The van der Waals surface area contributed by atoms with E-state index in [9.17, 15) is 14.7 Å². The van der Waals surface area contributed by atoms with E-state index in [0.717, 1.165) is 45.4 Å². The minimum Gasteiger partial charge on any atom is -0.389 e. The van der Waals surface area contributed by atoms with Gasteiger partial charge >= 0.3 is 0 Å². The predicted octanol–water partition coefficient (Wildman–Crippen LogP) is -0.757. The molecule has 0 spiro atoms. The third-order valence-corrected chi connectivity index (χ3v) is 5.28. The summed E-state index contributed by atoms with van der Waals surface area (Å²) < 4.78 is 5.31. The number of ether oxygens (including phenoxy) is 1. The molecule has 0 unspecified atom stereocenters. The molecular formula is C16H27N3O4. The monoisotopic (exact) mass is 325 g/mol. The molecule has 23 heavy (non-hydrogen) atoms. The molecule has 3 rings (SSSR count). The van der Waals surface area contributed by atoms with Crippen molar-refractivity contribution in [2.24, 2.45) is 5.92 Å². The molecule has 0 bridgehead atoms. The van der Waals surface area contributed by atoms with Crippen molar-refractivity contribution in [3.05, 3.63) is 0 Å². The van der Waals surface area contributed by atoms with Gasteiger partial charge in [0, 0.05) is 38.8 Å². The van der Waals surface area contributed by atoms with E-state index in [-0.39, 0.29) is 23.9 Å². The SMILES string of the molecule is O=C1CN([C@@H]2CC[C@@H](NC(=O)CC3CCOCC3)[C@H]2O)CCN1. The second-order valence-corrected chi connectivity index (χ2v) is 6.89. The van der Waals surface area contributed by atoms with Gasteiger partial charge in [-0.2, -0.15) is 0 Å². The Morgan fingerprint density at radius 2 is 2.09 bits per heavy atom. The van der Waals surface area contributed by atoms with Crippen LogP contribution in [0.3, 0.4) is 0 Å². The Balaban J connectivity index is 1.47. The number of nitrogens with one attached hydrogen (secondary N) is 2. The van der Waals surface area contributed by atoms with Gasteiger partial charge in [-0.1, -0.05) is 0 Å². The summed E-state index contributed by atoms with van der Waals surface area (Å²) in [4.78, 5) is 25.7. The summed E-state index contributed by atoms with van der Waals surface area (Å²) in [5, 5.41) is 16.3. The van der Waals surface area contributed by atoms with E-state index in [0.29, 0.717) is 25.4 Å². The fourth-order valence-electron chi connectivity index (χ4n) is 3.94. The molecule has 130 valence electrons. The molecule has 0 aromatic rings. The largest absolute Gasteiger partial charge is 0.389 e. The highest BCUT2D eigenvalue weighted by Crippen LogP contribution is 2.26. The van der Waals surface area contributed by atoms with Crippen molar-refractivity contribution >= 4 is 11.8 Å². The summed E-state index contributed by atoms with van der Waals surface area (Å²) in [6.45, 7) is 3.20. The van der Waals surface area contributed by atoms with Crippen LogP contribution < -0.4 is 10.6 Å². The molecule has 0 aromatic heterocycles. The molecule has 0 aromatic carbocycles. The number of nitrogens with zero attached hydrogens (tertiary/aromatic N) is 1. The van der Waals surface area contributed by atoms with Crippen LogP contribution in [0.15, 0.2) is 0 Å². The number of rotatable bonds is 4. The molecule has 2 saturated heterocycles. The molecule has 7 nitrogen and oxygen atoms in total. The fraction of sp³-hybridized carbons (Fsp3) is 0.875. The number of piperazine rings is 1. The molecule has 3 aliphatic rings. The summed E-state index contributed by atoms with van der Waals surface area (Å²) in [5.74, 6) is 0.428. The molecule has 2 aliphatic heterocycles. The highest BCUT2D eigenvalue weighted by Gasteiger charge is 2.40. The minimum atomic E-state index is -0.598. The molecule has 2 heterocycles. The van der Waals surface area contributed by atoms with Crippen LogP contribution in [0.25, 0.3) is 0 Å². The van der Waals surface area contributed by atoms with Crippen molar-refractivity contribution in [1.82, 2.24) is 15.5 Å². The Hall–Kier alpha value is -1.18. The molecular weight excluding hydrogens is 298 g/mol. The molecule has 2 amide bonds. The summed E-state index contributed by atoms with van der Waals surface area (Å²) in [6, 6.07) is -0.230. The third kappa shape index (κ3) is 4.22. The number of hydrogen-bond donors (Lipinski definition) is 3. The van der Waals surface area contributed by atoms with Crippen molar-refractivity contribution in [1.29, 1.82) is 0 Å². The number of hydrogen-bond acceptors (Lipinski definition) is 5. The number of carbonyl (C=O) groups is 2. The lowest BCUT2D eigenvalue weighted by Gasteiger charge is -2.34. The lowest BCUT2D eigenvalue weighted by molar-refractivity contribution is -0.127. The van der Waals surface area contributed by atoms with Crippen LogP contribution in [-0.2, 0) is 14.3 Å². The van der Waals surface area contributed by atoms with Crippen molar-refractivity contribution in [3.63, 3.8) is 0 Å². The van der Waals surface area contributed by atoms with E-state index in [2.05, 4.69) is 10.6 Å². The quantitative estimate of drug-likeness (QED) is 0.632. The van der Waals surface area contributed by atoms with Crippen molar-refractivity contribution in [2.45, 2.75) is 50.3 Å². The lowest BCUT2D eigenvalue weighted by atomic mass is 9.96. The van der Waals surface area contributed by atoms with Crippen LogP contribution in [0.1, 0.15) is 32.1 Å². The van der Waals surface area contributed by atoms with Gasteiger partial charge in [0.2, 0.25) is 11.8 Å². The maximum absolute atomic E-state index is 12.2. The van der Waals surface area contributed by atoms with E-state index in [1.165, 1.54) is 0 Å². The van der Waals surface area contributed by atoms with Gasteiger partial charge in [0.15, 0.2) is 0 Å². The van der Waals surface area contributed by atoms with Crippen molar-refractivity contribution < 1.29 is 19.4 Å². The van der Waals surface area contributed by atoms with E-state index in [4.69, 9.17) is 4.74 Å². The van der Waals surface area contributed by atoms with E-state index < -0.39 is 6.10 Å². The van der Waals surface area contributed by atoms with Gasteiger partial charge in [-0.15, -0.1) is 0 Å². The molecule has 1 aliphatic carbocycles. The second kappa shape index (κ2) is 7.59. The third-order valence-electron chi connectivity index (χ3n) is 5.28. The first kappa shape index (κ1) is 16.7. The highest BCUT2D eigenvalue weighted by molar-refractivity contribution is 5.78. The van der Waals surface area contributed by atoms with Gasteiger partial charge in [-0.3, -0.25) is 14.5 Å². The van der Waals surface area contributed by atoms with Crippen LogP contribution in [0, 0.1) is 5.92 Å². The van der Waals surface area contributed by atoms with Crippen LogP contribution in [0.4, 0.5) is 0 Å². The zero-order valence-electron chi connectivity index (χ0n) is 13.5. The highest BCUT2D eigenvalue weighted by atomic mass is 16.5. The Kier molecular flexibility index (Phi) is 5.50. The minimum absolute atomic E-state index is 0.00968. The fourth-order valence-corrected chi connectivity index (χ4v) is 3.94. The Labute approximate surface area is 136 Å². The smallest absolute Gasteiger partial charge is 0.234 e. The molecule has 3 atom stereocenters. The van der Waals surface area contributed by atoms with Crippen LogP contribution in [0.2, 0.25) is 0 Å². The molecule has 1 saturated carbocycles. The maximum atomic E-state index is 12.2. The molecule has 0 radical (unpaired) electrons. The Morgan fingerprint density at radius 3 is 2.83 bits per heavy atom. The van der Waals surface area contributed by atoms with Gasteiger partial charge in [-0.25, -0.2) is 0 Å². The first-order chi connectivity index (χ1) is 11.1. The first-order valence-electron chi connectivity index (χ1n) is 8.69. The standard InChI is InChI=1S/C16H27N3O4/c20-14(9-11-3-7-23-8-4-11)18-12-1-2-13(16(12)22)19-6-5-17-15(21)10-19/h11-13,16,22H,1-10H2,(H,17,21)(H,18,20)/t12-,13-,16-/m1/s1. The Morgan fingerprint density at radius 1 is 1.30 bits per heavy atom. The lowest BCUT2D eigenvalue weighted by Crippen LogP contribution is -2.55. The van der Waals surface area contributed by atoms with Crippen LogP contribution in [0.5, 0.6) is 0 Å². The number of aliphatic hydroxyl groups excluding tert-OH is 1. The van der Waals surface area contributed by atoms with Crippen LogP contribution >= 0.6 is 0 Å². The summed E-state index contributed by atoms with van der Waals surface area (Å²) in [7, 11) is 0. The normalized spacial score (nSPS) is 33.4.